The van der Waals surface area contributed by atoms with Gasteiger partial charge in [-0.3, -0.25) is 0 Å². The van der Waals surface area contributed by atoms with Crippen molar-refractivity contribution in [3.8, 4) is 0 Å². The summed E-state index contributed by atoms with van der Waals surface area (Å²) in [6, 6.07) is 56.0. The minimum absolute atomic E-state index is 0. The van der Waals surface area contributed by atoms with Gasteiger partial charge in [-0.25, -0.2) is 0 Å². The summed E-state index contributed by atoms with van der Waals surface area (Å²) in [7, 11) is 0. The molecule has 12 N–H and O–H groups in total. The third kappa shape index (κ3) is 28.5. The molecule has 0 aliphatic heterocycles. The van der Waals surface area contributed by atoms with Gasteiger partial charge in [-0.05, 0) is 33.4 Å². The van der Waals surface area contributed by atoms with E-state index < -0.39 is 113 Å². The predicted molar refractivity (Wildman–Crippen MR) is 289 cm³/mol. The summed E-state index contributed by atoms with van der Waals surface area (Å²) in [4.78, 5) is 0. The smallest absolute Gasteiger partial charge is 0.115 e. The standard InChI is InChI=1S/3C20H26O6.3Ti/c3*21-11-17(23)19(25-13-15-7-3-1-4-8-15)20(18(24)12-22)26-14-16-9-5-2-6-10-16;;;/h3*1-10,17-24H,11-14H2;;;/t17-,18?,19?,20-;2*17-,18-,19-,20-;;;/m111.../s1. The zero-order valence-electron chi connectivity index (χ0n) is 45.1. The summed E-state index contributed by atoms with van der Waals surface area (Å²) in [6.45, 7) is -2.28. The van der Waals surface area contributed by atoms with E-state index in [4.69, 9.17) is 28.4 Å². The second kappa shape index (κ2) is 45.2. The van der Waals surface area contributed by atoms with Crippen LogP contribution in [0.3, 0.4) is 0 Å². The maximum atomic E-state index is 10.2. The fourth-order valence-corrected chi connectivity index (χ4v) is 7.77. The molecule has 18 nitrogen and oxygen atoms in total. The molecule has 0 spiro atoms. The Hall–Kier alpha value is -3.26. The zero-order valence-corrected chi connectivity index (χ0v) is 49.7. The predicted octanol–water partition coefficient (Wildman–Crippen LogP) is 2.58. The normalized spacial score (nSPS) is 15.4. The van der Waals surface area contributed by atoms with E-state index in [1.165, 1.54) is 0 Å². The molecule has 0 radical (unpaired) electrons. The van der Waals surface area contributed by atoms with E-state index in [9.17, 15) is 61.3 Å². The van der Waals surface area contributed by atoms with Gasteiger partial charge in [-0.1, -0.05) is 182 Å². The summed E-state index contributed by atoms with van der Waals surface area (Å²) < 4.78 is 34.5. The van der Waals surface area contributed by atoms with Gasteiger partial charge in [0.05, 0.1) is 79.3 Å². The van der Waals surface area contributed by atoms with Gasteiger partial charge in [0.2, 0.25) is 0 Å². The summed E-state index contributed by atoms with van der Waals surface area (Å²) in [5.41, 5.74) is 5.27. The fourth-order valence-electron chi connectivity index (χ4n) is 7.77. The van der Waals surface area contributed by atoms with Crippen molar-refractivity contribution in [3.63, 3.8) is 0 Å². The van der Waals surface area contributed by atoms with Gasteiger partial charge in [-0.2, -0.15) is 0 Å². The first-order valence-electron chi connectivity index (χ1n) is 25.6. The molecule has 6 rings (SSSR count). The van der Waals surface area contributed by atoms with Crippen LogP contribution in [0.25, 0.3) is 0 Å². The molecular weight excluding hydrogens is 1150 g/mol. The van der Waals surface area contributed by atoms with E-state index in [1.54, 1.807) is 0 Å². The molecule has 0 aliphatic carbocycles. The third-order valence-corrected chi connectivity index (χ3v) is 12.1. The summed E-state index contributed by atoms with van der Waals surface area (Å²) in [6.07, 6.45) is -13.6. The third-order valence-electron chi connectivity index (χ3n) is 12.1. The number of hydrogen-bond acceptors (Lipinski definition) is 18. The second-order valence-electron chi connectivity index (χ2n) is 18.1. The molecule has 6 aromatic carbocycles. The fraction of sp³-hybridized carbons (Fsp3) is 0.400. The van der Waals surface area contributed by atoms with Crippen LogP contribution in [-0.4, -0.2) is 174 Å². The molecule has 21 heteroatoms. The van der Waals surface area contributed by atoms with E-state index in [-0.39, 0.29) is 105 Å². The molecule has 0 saturated heterocycles. The molecule has 438 valence electrons. The first kappa shape index (κ1) is 75.8. The molecule has 81 heavy (non-hydrogen) atoms. The van der Waals surface area contributed by atoms with E-state index in [2.05, 4.69) is 0 Å². The van der Waals surface area contributed by atoms with Crippen molar-refractivity contribution in [1.82, 2.24) is 0 Å². The topological polar surface area (TPSA) is 298 Å². The Labute approximate surface area is 519 Å². The van der Waals surface area contributed by atoms with Crippen LogP contribution in [0.4, 0.5) is 0 Å². The number of ether oxygens (including phenoxy) is 6. The largest absolute Gasteiger partial charge is 0.394 e. The number of hydrogen-bond donors (Lipinski definition) is 12. The van der Waals surface area contributed by atoms with Crippen molar-refractivity contribution < 1.29 is 155 Å². The number of benzene rings is 6. The first-order chi connectivity index (χ1) is 38.0. The molecule has 0 fully saturated rings. The van der Waals surface area contributed by atoms with E-state index >= 15 is 0 Å². The zero-order chi connectivity index (χ0) is 56.3. The van der Waals surface area contributed by atoms with Crippen molar-refractivity contribution in [2.75, 3.05) is 39.6 Å². The number of aliphatic hydroxyl groups is 12. The molecule has 0 heterocycles. The van der Waals surface area contributed by atoms with Crippen LogP contribution in [0.15, 0.2) is 182 Å². The Balaban J connectivity index is 0.000000596. The van der Waals surface area contributed by atoms with Gasteiger partial charge in [0.1, 0.15) is 73.2 Å². The quantitative estimate of drug-likeness (QED) is 0.0264. The van der Waals surface area contributed by atoms with Crippen molar-refractivity contribution in [2.24, 2.45) is 0 Å². The second-order valence-corrected chi connectivity index (χ2v) is 18.1. The van der Waals surface area contributed by atoms with Crippen LogP contribution in [0, 0.1) is 0 Å². The van der Waals surface area contributed by atoms with Crippen LogP contribution in [-0.2, 0) is 133 Å². The van der Waals surface area contributed by atoms with E-state index in [0.29, 0.717) is 0 Å². The number of aliphatic hydroxyl groups excluding tert-OH is 12. The summed E-state index contributed by atoms with van der Waals surface area (Å²) in [5.74, 6) is 0. The SMILES string of the molecule is OCC(O)[C@@H](OCc1ccccc1)C(OCc1ccccc1)[C@H](O)CO.OC[C@@H](O)[C@@H](OCc1ccccc1)[C@H](OCc1ccccc1)[C@H](O)CO.OC[C@@H](O)[C@@H](OCc1ccccc1)[C@H](OCc1ccccc1)[C@H](O)CO.[Ti].[Ti].[Ti]. The van der Waals surface area contributed by atoms with Crippen LogP contribution in [0.2, 0.25) is 0 Å². The Kier molecular flexibility index (Phi) is 42.2. The Morgan fingerprint density at radius 1 is 0.210 bits per heavy atom. The average molecular weight is 1230 g/mol. The van der Waals surface area contributed by atoms with Gasteiger partial charge in [0, 0.05) is 65.2 Å². The van der Waals surface area contributed by atoms with Crippen LogP contribution >= 0.6 is 0 Å². The van der Waals surface area contributed by atoms with Gasteiger partial charge >= 0.3 is 0 Å². The maximum absolute atomic E-state index is 10.2. The molecule has 0 aromatic heterocycles. The van der Waals surface area contributed by atoms with Crippen molar-refractivity contribution in [1.29, 1.82) is 0 Å². The monoisotopic (exact) mass is 1230 g/mol. The van der Waals surface area contributed by atoms with Gasteiger partial charge < -0.3 is 89.7 Å². The van der Waals surface area contributed by atoms with Crippen LogP contribution in [0.1, 0.15) is 33.4 Å². The average Bonchev–Trinajstić information content (AvgIpc) is 3.51. The molecule has 2 unspecified atom stereocenters. The Bertz CT molecular complexity index is 1930. The molecule has 6 aromatic rings. The molecule has 0 aliphatic rings. The Morgan fingerprint density at radius 3 is 0.420 bits per heavy atom. The number of rotatable bonds is 33. The van der Waals surface area contributed by atoms with Crippen LogP contribution in [0.5, 0.6) is 0 Å². The van der Waals surface area contributed by atoms with Gasteiger partial charge in [-0.15, -0.1) is 0 Å². The van der Waals surface area contributed by atoms with Crippen LogP contribution < -0.4 is 0 Å². The molecule has 0 amide bonds. The molecule has 12 atom stereocenters. The maximum Gasteiger partial charge on any atom is 0.115 e. The molecule has 0 bridgehead atoms. The van der Waals surface area contributed by atoms with E-state index in [0.717, 1.165) is 33.4 Å². The minimum Gasteiger partial charge on any atom is -0.394 e. The minimum atomic E-state index is -1.26. The summed E-state index contributed by atoms with van der Waals surface area (Å²) in [5, 5.41) is 117. The molecular formula is C60H78O18Ti3. The van der Waals surface area contributed by atoms with Gasteiger partial charge in [0.25, 0.3) is 0 Å². The summed E-state index contributed by atoms with van der Waals surface area (Å²) >= 11 is 0. The Morgan fingerprint density at radius 2 is 0.321 bits per heavy atom. The van der Waals surface area contributed by atoms with Crippen molar-refractivity contribution in [2.45, 2.75) is 113 Å². The first-order valence-corrected chi connectivity index (χ1v) is 25.6. The van der Waals surface area contributed by atoms with E-state index in [1.807, 2.05) is 182 Å². The van der Waals surface area contributed by atoms with Crippen molar-refractivity contribution in [3.05, 3.63) is 215 Å². The molecule has 0 saturated carbocycles. The van der Waals surface area contributed by atoms with Gasteiger partial charge in [0.15, 0.2) is 0 Å². The van der Waals surface area contributed by atoms with Crippen molar-refractivity contribution >= 4 is 0 Å².